The van der Waals surface area contributed by atoms with Crippen LogP contribution in [-0.4, -0.2) is 34.6 Å². The summed E-state index contributed by atoms with van der Waals surface area (Å²) in [4.78, 5) is 10.2. The third-order valence-electron chi connectivity index (χ3n) is 1.77. The second-order valence-electron chi connectivity index (χ2n) is 3.12. The van der Waals surface area contributed by atoms with Crippen molar-refractivity contribution in [2.45, 2.75) is 19.3 Å². The Hall–Kier alpha value is -1.43. The van der Waals surface area contributed by atoms with E-state index in [4.69, 9.17) is 15.3 Å². The van der Waals surface area contributed by atoms with Crippen molar-refractivity contribution in [3.05, 3.63) is 35.9 Å². The normalized spacial score (nSPS) is 13.2. The third kappa shape index (κ3) is 6.13. The first kappa shape index (κ1) is 14.6. The van der Waals surface area contributed by atoms with Gasteiger partial charge in [0, 0.05) is 0 Å². The SMILES string of the molecule is CNC(C)O.O=C(O)[C@H](O)c1ccccc1. The molecule has 1 rings (SSSR count). The molecule has 5 heteroatoms. The van der Waals surface area contributed by atoms with E-state index in [1.807, 2.05) is 0 Å². The highest BCUT2D eigenvalue weighted by atomic mass is 16.4. The van der Waals surface area contributed by atoms with Gasteiger partial charge in [-0.2, -0.15) is 0 Å². The minimum atomic E-state index is -1.41. The van der Waals surface area contributed by atoms with Gasteiger partial charge in [-0.15, -0.1) is 0 Å². The van der Waals surface area contributed by atoms with Crippen molar-refractivity contribution in [2.24, 2.45) is 0 Å². The van der Waals surface area contributed by atoms with Gasteiger partial charge in [-0.25, -0.2) is 4.79 Å². The maximum Gasteiger partial charge on any atom is 0.337 e. The largest absolute Gasteiger partial charge is 0.479 e. The van der Waals surface area contributed by atoms with Crippen molar-refractivity contribution in [1.82, 2.24) is 5.32 Å². The second kappa shape index (κ2) is 7.81. The summed E-state index contributed by atoms with van der Waals surface area (Å²) in [5.41, 5.74) is 0.403. The molecule has 0 aromatic heterocycles. The summed E-state index contributed by atoms with van der Waals surface area (Å²) in [7, 11) is 1.70. The number of hydrogen-bond donors (Lipinski definition) is 4. The lowest BCUT2D eigenvalue weighted by atomic mass is 10.1. The van der Waals surface area contributed by atoms with Crippen LogP contribution in [0.1, 0.15) is 18.6 Å². The fourth-order valence-corrected chi connectivity index (χ4v) is 0.778. The Balaban J connectivity index is 0.000000385. The predicted molar refractivity (Wildman–Crippen MR) is 59.8 cm³/mol. The first-order chi connectivity index (χ1) is 7.49. The zero-order chi connectivity index (χ0) is 12.6. The van der Waals surface area contributed by atoms with Crippen molar-refractivity contribution < 1.29 is 20.1 Å². The molecule has 1 aromatic carbocycles. The van der Waals surface area contributed by atoms with Crippen molar-refractivity contribution in [3.63, 3.8) is 0 Å². The van der Waals surface area contributed by atoms with Crippen LogP contribution in [0.3, 0.4) is 0 Å². The van der Waals surface area contributed by atoms with Crippen LogP contribution in [0.2, 0.25) is 0 Å². The van der Waals surface area contributed by atoms with E-state index in [1.165, 1.54) is 0 Å². The third-order valence-corrected chi connectivity index (χ3v) is 1.77. The Morgan fingerprint density at radius 1 is 1.25 bits per heavy atom. The Kier molecular flexibility index (Phi) is 7.11. The molecule has 0 saturated carbocycles. The number of hydrogen-bond acceptors (Lipinski definition) is 4. The molecule has 5 nitrogen and oxygen atoms in total. The molecule has 4 N–H and O–H groups in total. The van der Waals surface area contributed by atoms with E-state index < -0.39 is 12.1 Å². The summed E-state index contributed by atoms with van der Waals surface area (Å²) < 4.78 is 0. The van der Waals surface area contributed by atoms with Crippen LogP contribution >= 0.6 is 0 Å². The molecule has 90 valence electrons. The first-order valence-corrected chi connectivity index (χ1v) is 4.80. The van der Waals surface area contributed by atoms with E-state index >= 15 is 0 Å². The first-order valence-electron chi connectivity index (χ1n) is 4.80. The molecule has 0 radical (unpaired) electrons. The fourth-order valence-electron chi connectivity index (χ4n) is 0.778. The molecule has 0 heterocycles. The van der Waals surface area contributed by atoms with E-state index in [9.17, 15) is 4.79 Å². The number of benzene rings is 1. The van der Waals surface area contributed by atoms with Gasteiger partial charge in [0.05, 0.1) is 0 Å². The zero-order valence-electron chi connectivity index (χ0n) is 9.29. The Morgan fingerprint density at radius 2 is 1.69 bits per heavy atom. The maximum absolute atomic E-state index is 10.2. The number of aliphatic hydroxyl groups excluding tert-OH is 2. The van der Waals surface area contributed by atoms with E-state index in [2.05, 4.69) is 5.32 Å². The smallest absolute Gasteiger partial charge is 0.337 e. The summed E-state index contributed by atoms with van der Waals surface area (Å²) >= 11 is 0. The topological polar surface area (TPSA) is 89.8 Å². The summed E-state index contributed by atoms with van der Waals surface area (Å²) in [5.74, 6) is -1.23. The molecule has 2 atom stereocenters. The quantitative estimate of drug-likeness (QED) is 0.559. The monoisotopic (exact) mass is 227 g/mol. The molecule has 0 saturated heterocycles. The second-order valence-corrected chi connectivity index (χ2v) is 3.12. The van der Waals surface area contributed by atoms with Gasteiger partial charge in [0.15, 0.2) is 6.10 Å². The van der Waals surface area contributed by atoms with Crippen LogP contribution < -0.4 is 5.32 Å². The van der Waals surface area contributed by atoms with Crippen molar-refractivity contribution >= 4 is 5.97 Å². The van der Waals surface area contributed by atoms with Crippen LogP contribution in [-0.2, 0) is 4.79 Å². The van der Waals surface area contributed by atoms with E-state index in [0.717, 1.165) is 0 Å². The molecular formula is C11H17NO4. The van der Waals surface area contributed by atoms with Crippen molar-refractivity contribution in [2.75, 3.05) is 7.05 Å². The molecule has 0 aliphatic carbocycles. The Labute approximate surface area is 94.4 Å². The van der Waals surface area contributed by atoms with Gasteiger partial charge < -0.3 is 15.3 Å². The lowest BCUT2D eigenvalue weighted by Crippen LogP contribution is -2.19. The molecule has 0 spiro atoms. The number of carbonyl (C=O) groups is 1. The Bertz CT molecular complexity index is 300. The highest BCUT2D eigenvalue weighted by molar-refractivity contribution is 5.73. The number of rotatable bonds is 3. The van der Waals surface area contributed by atoms with Crippen LogP contribution in [0.15, 0.2) is 30.3 Å². The lowest BCUT2D eigenvalue weighted by Gasteiger charge is -2.03. The molecule has 0 aliphatic rings. The van der Waals surface area contributed by atoms with Gasteiger partial charge in [0.25, 0.3) is 0 Å². The molecule has 0 bridgehead atoms. The molecule has 1 aromatic rings. The zero-order valence-corrected chi connectivity index (χ0v) is 9.29. The minimum Gasteiger partial charge on any atom is -0.479 e. The predicted octanol–water partition coefficient (Wildman–Crippen LogP) is 0.349. The van der Waals surface area contributed by atoms with Crippen molar-refractivity contribution in [1.29, 1.82) is 0 Å². The lowest BCUT2D eigenvalue weighted by molar-refractivity contribution is -0.146. The van der Waals surface area contributed by atoms with Gasteiger partial charge in [0.1, 0.15) is 6.23 Å². The van der Waals surface area contributed by atoms with Gasteiger partial charge in [-0.3, -0.25) is 5.32 Å². The number of carboxylic acid groups (broad SMARTS) is 1. The molecule has 0 fully saturated rings. The summed E-state index contributed by atoms with van der Waals surface area (Å²) in [6.07, 6.45) is -1.77. The number of aliphatic hydroxyl groups is 2. The molecule has 16 heavy (non-hydrogen) atoms. The molecule has 0 amide bonds. The Morgan fingerprint density at radius 3 is 2.00 bits per heavy atom. The molecular weight excluding hydrogens is 210 g/mol. The van der Waals surface area contributed by atoms with Gasteiger partial charge in [-0.05, 0) is 19.5 Å². The minimum absolute atomic E-state index is 0.366. The summed E-state index contributed by atoms with van der Waals surface area (Å²) in [6.45, 7) is 1.67. The van der Waals surface area contributed by atoms with Gasteiger partial charge in [-0.1, -0.05) is 30.3 Å². The maximum atomic E-state index is 10.2. The van der Waals surface area contributed by atoms with Gasteiger partial charge >= 0.3 is 5.97 Å². The highest BCUT2D eigenvalue weighted by Crippen LogP contribution is 2.10. The van der Waals surface area contributed by atoms with Crippen LogP contribution in [0.25, 0.3) is 0 Å². The standard InChI is InChI=1S/C8H8O3.C3H9NO/c9-7(8(10)11)6-4-2-1-3-5-6;1-3(5)4-2/h1-5,7,9H,(H,10,11);3-5H,1-2H3/t7-;/m1./s1. The van der Waals surface area contributed by atoms with Crippen LogP contribution in [0, 0.1) is 0 Å². The number of nitrogens with one attached hydrogen (secondary N) is 1. The van der Waals surface area contributed by atoms with Crippen LogP contribution in [0.4, 0.5) is 0 Å². The fraction of sp³-hybridized carbons (Fsp3) is 0.364. The molecule has 1 unspecified atom stereocenters. The summed E-state index contributed by atoms with van der Waals surface area (Å²) in [6, 6.07) is 8.26. The highest BCUT2D eigenvalue weighted by Gasteiger charge is 2.14. The van der Waals surface area contributed by atoms with E-state index in [0.29, 0.717) is 5.56 Å². The van der Waals surface area contributed by atoms with E-state index in [-0.39, 0.29) is 6.23 Å². The van der Waals surface area contributed by atoms with Crippen LogP contribution in [0.5, 0.6) is 0 Å². The average Bonchev–Trinajstić information content (AvgIpc) is 2.29. The van der Waals surface area contributed by atoms with Crippen molar-refractivity contribution in [3.8, 4) is 0 Å². The van der Waals surface area contributed by atoms with Gasteiger partial charge in [0.2, 0.25) is 0 Å². The molecule has 0 aliphatic heterocycles. The average molecular weight is 227 g/mol. The summed E-state index contributed by atoms with van der Waals surface area (Å²) in [5, 5.41) is 28.2. The van der Waals surface area contributed by atoms with E-state index in [1.54, 1.807) is 44.3 Å². The number of aliphatic carboxylic acids is 1. The number of carboxylic acids is 1.